The highest BCUT2D eigenvalue weighted by Crippen LogP contribution is 2.48. The first-order valence-corrected chi connectivity index (χ1v) is 32.6. The van der Waals surface area contributed by atoms with E-state index in [1.165, 1.54) is 83.5 Å². The number of amides is 1. The number of fused-ring (bicyclic) bond motifs is 10. The molecule has 4 saturated heterocycles. The molecule has 13 unspecified atom stereocenters. The minimum absolute atomic E-state index is 0.000324. The van der Waals surface area contributed by atoms with E-state index in [4.69, 9.17) is 23.7 Å². The normalized spacial score (nSPS) is 31.8. The molecule has 10 aliphatic rings. The highest BCUT2D eigenvalue weighted by atomic mass is 16.5. The summed E-state index contributed by atoms with van der Waals surface area (Å²) in [6, 6.07) is 15.0. The molecule has 4 aliphatic heterocycles. The fourth-order valence-corrected chi connectivity index (χ4v) is 16.4. The SMILES string of the molecule is CCOC(=O)C1CCC2CCC1C2.CCOC(=O)C1CCC2CCC1C2.CCOC(=O)C1CCC2CCC1N2.CCOC(=O)[C@H]1CCC2CCC1C2.Cc1ccc(-c2ncccn2)c(C(=O)N2C3CCC2[C@@H](COc2ccccn2)CC3)c1. The summed E-state index contributed by atoms with van der Waals surface area (Å²) in [6.45, 7) is 12.2. The molecule has 6 saturated carbocycles. The van der Waals surface area contributed by atoms with Gasteiger partial charge in [0, 0.05) is 60.3 Å². The summed E-state index contributed by atoms with van der Waals surface area (Å²) in [6.07, 6.45) is 32.5. The average molecular weight is 1140 g/mol. The van der Waals surface area contributed by atoms with Crippen LogP contribution in [0.1, 0.15) is 191 Å². The largest absolute Gasteiger partial charge is 0.477 e. The quantitative estimate of drug-likeness (QED) is 0.126. The maximum atomic E-state index is 13.8. The van der Waals surface area contributed by atoms with Crippen LogP contribution in [0, 0.1) is 72.0 Å². The number of nitrogens with one attached hydrogen (secondary N) is 1. The fraction of sp³-hybridized carbons (Fsp3) is 0.706. The third-order valence-electron chi connectivity index (χ3n) is 20.5. The molecular weight excluding hydrogens is 1050 g/mol. The minimum Gasteiger partial charge on any atom is -0.477 e. The molecule has 2 aromatic heterocycles. The van der Waals surface area contributed by atoms with E-state index >= 15 is 0 Å². The number of carbonyl (C=O) groups excluding carboxylic acids is 5. The zero-order valence-corrected chi connectivity index (χ0v) is 50.6. The van der Waals surface area contributed by atoms with Gasteiger partial charge in [0.1, 0.15) is 0 Å². The first-order chi connectivity index (χ1) is 40.4. The van der Waals surface area contributed by atoms with Crippen LogP contribution >= 0.6 is 0 Å². The van der Waals surface area contributed by atoms with Gasteiger partial charge in [0.2, 0.25) is 5.88 Å². The number of rotatable bonds is 13. The third kappa shape index (κ3) is 16.1. The number of hydrogen-bond donors (Lipinski definition) is 1. The summed E-state index contributed by atoms with van der Waals surface area (Å²) < 4.78 is 26.3. The number of pyridine rings is 1. The van der Waals surface area contributed by atoms with E-state index in [0.717, 1.165) is 93.1 Å². The maximum Gasteiger partial charge on any atom is 0.310 e. The lowest BCUT2D eigenvalue weighted by Crippen LogP contribution is -2.49. The van der Waals surface area contributed by atoms with E-state index < -0.39 is 0 Å². The van der Waals surface area contributed by atoms with Crippen molar-refractivity contribution in [3.63, 3.8) is 0 Å². The number of aryl methyl sites for hydroxylation is 1. The second-order valence-corrected chi connectivity index (χ2v) is 25.6. The number of benzene rings is 1. The van der Waals surface area contributed by atoms with Gasteiger partial charge in [-0.2, -0.15) is 0 Å². The van der Waals surface area contributed by atoms with Gasteiger partial charge >= 0.3 is 23.9 Å². The summed E-state index contributed by atoms with van der Waals surface area (Å²) in [5.74, 6) is 7.37. The van der Waals surface area contributed by atoms with Crippen LogP contribution in [0.25, 0.3) is 11.4 Å². The Bertz CT molecular complexity index is 2390. The van der Waals surface area contributed by atoms with E-state index in [9.17, 15) is 24.0 Å². The smallest absolute Gasteiger partial charge is 0.310 e. The van der Waals surface area contributed by atoms with Crippen LogP contribution in [0.15, 0.2) is 61.1 Å². The van der Waals surface area contributed by atoms with Crippen molar-refractivity contribution in [2.45, 2.75) is 206 Å². The molecule has 83 heavy (non-hydrogen) atoms. The molecule has 454 valence electrons. The molecule has 10 bridgehead atoms. The lowest BCUT2D eigenvalue weighted by atomic mass is 9.80. The molecule has 0 spiro atoms. The van der Waals surface area contributed by atoms with Crippen molar-refractivity contribution in [2.75, 3.05) is 33.0 Å². The summed E-state index contributed by atoms with van der Waals surface area (Å²) >= 11 is 0. The Kier molecular flexibility index (Phi) is 22.9. The maximum absolute atomic E-state index is 13.8. The average Bonchev–Trinajstić information content (AvgIpc) is 4.35. The van der Waals surface area contributed by atoms with Crippen molar-refractivity contribution in [3.05, 3.63) is 72.2 Å². The van der Waals surface area contributed by atoms with Gasteiger partial charge in [0.25, 0.3) is 5.91 Å². The highest BCUT2D eigenvalue weighted by molar-refractivity contribution is 6.01. The summed E-state index contributed by atoms with van der Waals surface area (Å²) in [7, 11) is 0. The molecule has 15 atom stereocenters. The molecule has 6 heterocycles. The topological polar surface area (TPSA) is 185 Å². The Morgan fingerprint density at radius 3 is 1.54 bits per heavy atom. The molecule has 1 aromatic carbocycles. The molecule has 1 amide bonds. The first kappa shape index (κ1) is 62.1. The van der Waals surface area contributed by atoms with Gasteiger partial charge in [-0.05, 0) is 217 Å². The Morgan fingerprint density at radius 2 is 1.01 bits per heavy atom. The minimum atomic E-state index is 0.000324. The second kappa shape index (κ2) is 30.6. The van der Waals surface area contributed by atoms with Crippen LogP contribution < -0.4 is 10.1 Å². The summed E-state index contributed by atoms with van der Waals surface area (Å²) in [4.78, 5) is 75.2. The van der Waals surface area contributed by atoms with Crippen molar-refractivity contribution in [1.82, 2.24) is 25.2 Å². The van der Waals surface area contributed by atoms with Crippen molar-refractivity contribution >= 4 is 29.8 Å². The number of ether oxygens (including phenoxy) is 5. The lowest BCUT2D eigenvalue weighted by molar-refractivity contribution is -0.151. The zero-order chi connectivity index (χ0) is 58.2. The van der Waals surface area contributed by atoms with Crippen molar-refractivity contribution in [3.8, 4) is 17.3 Å². The van der Waals surface area contributed by atoms with E-state index in [1.54, 1.807) is 24.7 Å². The fourth-order valence-electron chi connectivity index (χ4n) is 16.4. The number of carbonyl (C=O) groups is 5. The van der Waals surface area contributed by atoms with Crippen LogP contribution in [-0.2, 0) is 38.1 Å². The van der Waals surface area contributed by atoms with Gasteiger partial charge in [-0.15, -0.1) is 0 Å². The number of piperidine rings is 2. The lowest BCUT2D eigenvalue weighted by Gasteiger charge is -2.40. The van der Waals surface area contributed by atoms with Crippen molar-refractivity contribution in [1.29, 1.82) is 0 Å². The summed E-state index contributed by atoms with van der Waals surface area (Å²) in [5.41, 5.74) is 2.54. The molecule has 6 aliphatic carbocycles. The zero-order valence-electron chi connectivity index (χ0n) is 50.6. The predicted octanol–water partition coefficient (Wildman–Crippen LogP) is 12.5. The molecule has 15 nitrogen and oxygen atoms in total. The van der Waals surface area contributed by atoms with E-state index in [1.807, 2.05) is 71.0 Å². The van der Waals surface area contributed by atoms with Gasteiger partial charge in [-0.3, -0.25) is 24.0 Å². The van der Waals surface area contributed by atoms with Gasteiger partial charge in [-0.25, -0.2) is 15.0 Å². The molecule has 1 N–H and O–H groups in total. The van der Waals surface area contributed by atoms with Crippen LogP contribution in [0.4, 0.5) is 0 Å². The predicted molar refractivity (Wildman–Crippen MR) is 318 cm³/mol. The number of aromatic nitrogens is 3. The molecule has 0 radical (unpaired) electrons. The van der Waals surface area contributed by atoms with Gasteiger partial charge < -0.3 is 33.9 Å². The van der Waals surface area contributed by atoms with E-state index in [2.05, 4.69) is 25.2 Å². The second-order valence-electron chi connectivity index (χ2n) is 25.6. The van der Waals surface area contributed by atoms with Crippen LogP contribution in [0.5, 0.6) is 5.88 Å². The molecule has 13 rings (SSSR count). The summed E-state index contributed by atoms with van der Waals surface area (Å²) in [5, 5.41) is 3.48. The third-order valence-corrected chi connectivity index (χ3v) is 20.5. The standard InChI is InChI=1S/C25H26N4O2.3C11H18O2.C10H17NO2/c1-17-6-10-20(24-27-13-4-14-28-24)21(15-17)25(30)29-19-8-7-18(22(29)11-9-19)16-31-23-5-2-3-12-26-23;3*1-2-13-11(12)10-6-4-8-3-5-9(10)7-8;1-2-13-10(12)8-5-3-7-4-6-9(8)11-7/h2-6,10,12-15,18-19,22H,7-9,11,16H2,1H3;3*8-10H,2-7H2,1H3;7-9,11H,2-6H2,1H3/t18-,19?,22?;8?,9?,10-;;;/m10.../s1. The van der Waals surface area contributed by atoms with E-state index in [0.29, 0.717) is 92.1 Å². The molecule has 15 heteroatoms. The van der Waals surface area contributed by atoms with Crippen LogP contribution in [0.3, 0.4) is 0 Å². The number of nitrogens with zero attached hydrogens (tertiary/aromatic N) is 4. The Hall–Kier alpha value is -5.44. The number of hydrogen-bond acceptors (Lipinski definition) is 14. The van der Waals surface area contributed by atoms with E-state index in [-0.39, 0.29) is 59.5 Å². The van der Waals surface area contributed by atoms with Crippen molar-refractivity contribution in [2.24, 2.45) is 65.1 Å². The first-order valence-electron chi connectivity index (χ1n) is 32.6. The monoisotopic (exact) mass is 1140 g/mol. The Labute approximate surface area is 494 Å². The highest BCUT2D eigenvalue weighted by Gasteiger charge is 2.47. The molecule has 10 fully saturated rings. The molecule has 3 aromatic rings. The Morgan fingerprint density at radius 1 is 0.518 bits per heavy atom. The van der Waals surface area contributed by atoms with Gasteiger partial charge in [0.15, 0.2) is 5.82 Å². The van der Waals surface area contributed by atoms with Crippen LogP contribution in [-0.4, -0.2) is 107 Å². The van der Waals surface area contributed by atoms with Crippen LogP contribution in [0.2, 0.25) is 0 Å². The molecular formula is C68H97N5O10. The van der Waals surface area contributed by atoms with Gasteiger partial charge in [-0.1, -0.05) is 43.0 Å². The Balaban J connectivity index is 0.000000134. The van der Waals surface area contributed by atoms with Crippen molar-refractivity contribution < 1.29 is 47.7 Å². The van der Waals surface area contributed by atoms with Gasteiger partial charge in [0.05, 0.1) is 62.3 Å². The number of esters is 4.